The molecule has 0 aliphatic rings. The highest BCUT2D eigenvalue weighted by Crippen LogP contribution is 2.33. The maximum absolute atomic E-state index is 12.7. The van der Waals surface area contributed by atoms with E-state index in [4.69, 9.17) is 24.7 Å². The summed E-state index contributed by atoms with van der Waals surface area (Å²) in [5.74, 6) is -1.89. The Morgan fingerprint density at radius 1 is 0.718 bits per heavy atom. The molecule has 0 aromatic heterocycles. The number of hydrogen-bond acceptors (Lipinski definition) is 9. The van der Waals surface area contributed by atoms with Gasteiger partial charge in [-0.1, -0.05) is 68.4 Å². The molecule has 1 aromatic rings. The van der Waals surface area contributed by atoms with Crippen LogP contribution in [0.25, 0.3) is 0 Å². The molecule has 0 radical (unpaired) electrons. The lowest BCUT2D eigenvalue weighted by molar-refractivity contribution is -0.152. The summed E-state index contributed by atoms with van der Waals surface area (Å²) in [5.41, 5.74) is 4.63. The van der Waals surface area contributed by atoms with E-state index in [2.05, 4.69) is 0 Å². The molecule has 1 aromatic carbocycles. The first-order chi connectivity index (χ1) is 17.6. The van der Waals surface area contributed by atoms with Crippen molar-refractivity contribution in [1.29, 1.82) is 0 Å². The molecule has 0 aliphatic carbocycles. The number of carbonyl (C=O) groups excluding carboxylic acids is 4. The van der Waals surface area contributed by atoms with Gasteiger partial charge in [0.15, 0.2) is 11.5 Å². The van der Waals surface area contributed by atoms with Gasteiger partial charge >= 0.3 is 23.9 Å². The Balaban J connectivity index is 3.22. The molecular formula is C30H47NO8. The largest absolute Gasteiger partial charge is 0.468 e. The Labute approximate surface area is 233 Å². The predicted molar refractivity (Wildman–Crippen MR) is 148 cm³/mol. The van der Waals surface area contributed by atoms with Gasteiger partial charge in [-0.05, 0) is 33.9 Å². The van der Waals surface area contributed by atoms with Crippen LogP contribution in [0, 0.1) is 16.2 Å². The van der Waals surface area contributed by atoms with Crippen molar-refractivity contribution < 1.29 is 38.1 Å². The number of carbonyl (C=O) groups is 4. The second kappa shape index (κ2) is 13.4. The van der Waals surface area contributed by atoms with Gasteiger partial charge in [-0.2, -0.15) is 0 Å². The third-order valence-electron chi connectivity index (χ3n) is 5.40. The minimum absolute atomic E-state index is 0.00344. The van der Waals surface area contributed by atoms with Crippen LogP contribution in [0.15, 0.2) is 18.2 Å². The van der Waals surface area contributed by atoms with Crippen molar-refractivity contribution in [3.05, 3.63) is 23.8 Å². The van der Waals surface area contributed by atoms with Gasteiger partial charge in [0.25, 0.3) is 0 Å². The zero-order valence-electron chi connectivity index (χ0n) is 25.3. The van der Waals surface area contributed by atoms with E-state index in [1.165, 1.54) is 19.2 Å². The molecule has 220 valence electrons. The van der Waals surface area contributed by atoms with E-state index in [1.54, 1.807) is 6.07 Å². The highest BCUT2D eigenvalue weighted by atomic mass is 16.6. The second-order valence-electron chi connectivity index (χ2n) is 13.7. The van der Waals surface area contributed by atoms with Crippen LogP contribution >= 0.6 is 0 Å². The highest BCUT2D eigenvalue weighted by molar-refractivity contribution is 5.81. The van der Waals surface area contributed by atoms with Crippen molar-refractivity contribution in [2.45, 2.75) is 100.0 Å². The van der Waals surface area contributed by atoms with Gasteiger partial charge in [-0.25, -0.2) is 0 Å². The first-order valence-electron chi connectivity index (χ1n) is 13.2. The predicted octanol–water partition coefficient (Wildman–Crippen LogP) is 5.15. The van der Waals surface area contributed by atoms with Crippen LogP contribution in [0.5, 0.6) is 11.5 Å². The van der Waals surface area contributed by atoms with Crippen LogP contribution < -0.4 is 15.2 Å². The molecule has 0 aliphatic heterocycles. The van der Waals surface area contributed by atoms with E-state index < -0.39 is 23.4 Å². The number of rotatable bonds is 11. The molecule has 0 bridgehead atoms. The number of methoxy groups -OCH3 is 1. The fraction of sp³-hybridized carbons (Fsp3) is 0.667. The van der Waals surface area contributed by atoms with E-state index in [-0.39, 0.29) is 72.4 Å². The van der Waals surface area contributed by atoms with Crippen molar-refractivity contribution in [1.82, 2.24) is 0 Å². The minimum Gasteiger partial charge on any atom is -0.468 e. The molecular weight excluding hydrogens is 502 g/mol. The molecule has 2 N–H and O–H groups in total. The van der Waals surface area contributed by atoms with E-state index in [0.29, 0.717) is 5.56 Å². The molecule has 39 heavy (non-hydrogen) atoms. The molecule has 9 heteroatoms. The molecule has 9 nitrogen and oxygen atoms in total. The average Bonchev–Trinajstić information content (AvgIpc) is 2.70. The van der Waals surface area contributed by atoms with Crippen molar-refractivity contribution in [2.75, 3.05) is 13.7 Å². The Bertz CT molecular complexity index is 1030. The molecule has 0 saturated heterocycles. The normalized spacial score (nSPS) is 13.7. The summed E-state index contributed by atoms with van der Waals surface area (Å²) >= 11 is 0. The Morgan fingerprint density at radius 2 is 1.18 bits per heavy atom. The average molecular weight is 550 g/mol. The van der Waals surface area contributed by atoms with E-state index in [1.807, 2.05) is 62.3 Å². The number of hydrogen-bond donors (Lipinski definition) is 1. The summed E-state index contributed by atoms with van der Waals surface area (Å²) in [5, 5.41) is 0. The number of esters is 4. The topological polar surface area (TPSA) is 131 Å². The van der Waals surface area contributed by atoms with Gasteiger partial charge in [0.1, 0.15) is 5.54 Å². The molecule has 0 spiro atoms. The van der Waals surface area contributed by atoms with Crippen LogP contribution in [-0.4, -0.2) is 43.1 Å². The monoisotopic (exact) mass is 549 g/mol. The Kier molecular flexibility index (Phi) is 11.7. The lowest BCUT2D eigenvalue weighted by Crippen LogP contribution is -2.51. The number of benzene rings is 1. The fourth-order valence-electron chi connectivity index (χ4n) is 3.67. The van der Waals surface area contributed by atoms with Gasteiger partial charge in [0.05, 0.1) is 33.0 Å². The van der Waals surface area contributed by atoms with Gasteiger partial charge in [-0.15, -0.1) is 0 Å². The van der Waals surface area contributed by atoms with Crippen LogP contribution in [-0.2, 0) is 35.1 Å². The van der Waals surface area contributed by atoms with Crippen LogP contribution in [0.1, 0.15) is 93.6 Å². The SMILES string of the molecule is COC(=O)[C@@](N)(CCOC(=O)CC(C)(C)C)Cc1ccc(OC(=O)CC(C)(C)C)c(OC(=O)CC(C)(C)C)c1. The smallest absolute Gasteiger partial charge is 0.326 e. The quantitative estimate of drug-likeness (QED) is 0.294. The molecule has 0 fully saturated rings. The third kappa shape index (κ3) is 13.6. The highest BCUT2D eigenvalue weighted by Gasteiger charge is 2.36. The van der Waals surface area contributed by atoms with Gasteiger partial charge in [0, 0.05) is 12.8 Å². The van der Waals surface area contributed by atoms with Crippen molar-refractivity contribution >= 4 is 23.9 Å². The summed E-state index contributed by atoms with van der Waals surface area (Å²) < 4.78 is 21.4. The van der Waals surface area contributed by atoms with E-state index in [0.717, 1.165) is 0 Å². The first kappa shape index (κ1) is 34.1. The lowest BCUT2D eigenvalue weighted by atomic mass is 9.88. The zero-order valence-corrected chi connectivity index (χ0v) is 25.3. The van der Waals surface area contributed by atoms with Crippen molar-refractivity contribution in [2.24, 2.45) is 22.0 Å². The van der Waals surface area contributed by atoms with Crippen molar-refractivity contribution in [3.8, 4) is 11.5 Å². The van der Waals surface area contributed by atoms with Gasteiger partial charge in [-0.3, -0.25) is 19.2 Å². The van der Waals surface area contributed by atoms with E-state index >= 15 is 0 Å². The second-order valence-corrected chi connectivity index (χ2v) is 13.7. The third-order valence-corrected chi connectivity index (χ3v) is 5.40. The minimum atomic E-state index is -1.52. The van der Waals surface area contributed by atoms with Crippen LogP contribution in [0.4, 0.5) is 0 Å². The fourth-order valence-corrected chi connectivity index (χ4v) is 3.67. The lowest BCUT2D eigenvalue weighted by Gasteiger charge is -2.27. The summed E-state index contributed by atoms with van der Waals surface area (Å²) in [6.07, 6.45) is 0.525. The van der Waals surface area contributed by atoms with Crippen LogP contribution in [0.2, 0.25) is 0 Å². The maximum Gasteiger partial charge on any atom is 0.326 e. The molecule has 1 rings (SSSR count). The van der Waals surface area contributed by atoms with Gasteiger partial charge < -0.3 is 24.7 Å². The standard InChI is InChI=1S/C30H47NO8/c1-27(2,3)17-23(32)37-14-13-30(31,26(35)36-10)16-20-11-12-21(38-24(33)18-28(4,5)6)22(15-20)39-25(34)19-29(7,8)9/h11-12,15H,13-14,16-19,31H2,1-10H3/t30-/m1/s1. The number of ether oxygens (including phenoxy) is 4. The molecule has 1 atom stereocenters. The maximum atomic E-state index is 12.7. The zero-order chi connectivity index (χ0) is 30.2. The number of nitrogens with two attached hydrogens (primary N) is 1. The summed E-state index contributed by atoms with van der Waals surface area (Å²) in [6, 6.07) is 4.67. The Hall–Kier alpha value is -2.94. The molecule has 0 unspecified atom stereocenters. The van der Waals surface area contributed by atoms with Gasteiger partial charge in [0.2, 0.25) is 0 Å². The molecule has 0 saturated carbocycles. The first-order valence-corrected chi connectivity index (χ1v) is 13.2. The van der Waals surface area contributed by atoms with Crippen LogP contribution in [0.3, 0.4) is 0 Å². The Morgan fingerprint density at radius 3 is 1.64 bits per heavy atom. The molecule has 0 heterocycles. The van der Waals surface area contributed by atoms with E-state index in [9.17, 15) is 19.2 Å². The summed E-state index contributed by atoms with van der Waals surface area (Å²) in [7, 11) is 1.23. The van der Waals surface area contributed by atoms with Crippen molar-refractivity contribution in [3.63, 3.8) is 0 Å². The summed E-state index contributed by atoms with van der Waals surface area (Å²) in [4.78, 5) is 49.9. The summed E-state index contributed by atoms with van der Waals surface area (Å²) in [6.45, 7) is 17.1. The molecule has 0 amide bonds.